The first-order valence-corrected chi connectivity index (χ1v) is 6.90. The van der Waals surface area contributed by atoms with E-state index >= 15 is 0 Å². The van der Waals surface area contributed by atoms with E-state index in [0.29, 0.717) is 0 Å². The Kier molecular flexibility index (Phi) is 6.26. The fourth-order valence-electron chi connectivity index (χ4n) is 2.29. The van der Waals surface area contributed by atoms with Crippen molar-refractivity contribution in [2.24, 2.45) is 5.41 Å². The van der Waals surface area contributed by atoms with Crippen molar-refractivity contribution in [1.82, 2.24) is 4.90 Å². The summed E-state index contributed by atoms with van der Waals surface area (Å²) in [4.78, 5) is 12.8. The van der Waals surface area contributed by atoms with E-state index in [-0.39, 0.29) is 18.1 Å². The minimum atomic E-state index is -0.902. The van der Waals surface area contributed by atoms with Gasteiger partial charge in [-0.15, -0.1) is 0 Å². The Balaban J connectivity index is 2.13. The van der Waals surface area contributed by atoms with E-state index in [9.17, 15) is 4.79 Å². The van der Waals surface area contributed by atoms with Crippen LogP contribution in [0.2, 0.25) is 0 Å². The molecule has 1 saturated heterocycles. The fourth-order valence-corrected chi connectivity index (χ4v) is 2.29. The highest BCUT2D eigenvalue weighted by atomic mass is 16.5. The monoisotopic (exact) mass is 268 g/mol. The zero-order valence-corrected chi connectivity index (χ0v) is 11.9. The zero-order chi connectivity index (χ0) is 14.3. The molecule has 0 aliphatic carbocycles. The summed E-state index contributed by atoms with van der Waals surface area (Å²) in [6, 6.07) is 2.32. The van der Waals surface area contributed by atoms with E-state index in [1.54, 1.807) is 0 Å². The predicted octanol–water partition coefficient (Wildman–Crippen LogP) is 1.88. The molecule has 0 atom stereocenters. The zero-order valence-electron chi connectivity index (χ0n) is 11.9. The summed E-state index contributed by atoms with van der Waals surface area (Å²) in [5, 5.41) is 17.5. The van der Waals surface area contributed by atoms with Crippen LogP contribution >= 0.6 is 0 Å². The van der Waals surface area contributed by atoms with Gasteiger partial charge < -0.3 is 14.7 Å². The van der Waals surface area contributed by atoms with Crippen LogP contribution < -0.4 is 0 Å². The second-order valence-corrected chi connectivity index (χ2v) is 5.84. The van der Waals surface area contributed by atoms with E-state index in [1.807, 2.05) is 13.8 Å². The number of nitriles is 1. The molecule has 0 amide bonds. The van der Waals surface area contributed by atoms with Crippen molar-refractivity contribution < 1.29 is 14.6 Å². The smallest absolute Gasteiger partial charge is 0.329 e. The van der Waals surface area contributed by atoms with Gasteiger partial charge in [-0.1, -0.05) is 0 Å². The molecule has 0 aromatic rings. The quantitative estimate of drug-likeness (QED) is 0.763. The lowest BCUT2D eigenvalue weighted by atomic mass is 9.89. The maximum Gasteiger partial charge on any atom is 0.329 e. The molecule has 0 unspecified atom stereocenters. The molecule has 0 saturated carbocycles. The average Bonchev–Trinajstić information content (AvgIpc) is 2.37. The highest BCUT2D eigenvalue weighted by Gasteiger charge is 2.21. The fraction of sp³-hybridized carbons (Fsp3) is 0.857. The third-order valence-corrected chi connectivity index (χ3v) is 3.56. The van der Waals surface area contributed by atoms with E-state index < -0.39 is 5.97 Å². The highest BCUT2D eigenvalue weighted by Crippen LogP contribution is 2.21. The van der Waals surface area contributed by atoms with Crippen LogP contribution in [0.3, 0.4) is 0 Å². The minimum Gasteiger partial charge on any atom is -0.480 e. The van der Waals surface area contributed by atoms with Crippen LogP contribution in [0, 0.1) is 16.7 Å². The Morgan fingerprint density at radius 3 is 2.63 bits per heavy atom. The molecule has 1 heterocycles. The Labute approximate surface area is 115 Å². The number of carboxylic acid groups (broad SMARTS) is 1. The van der Waals surface area contributed by atoms with Crippen LogP contribution in [0.25, 0.3) is 0 Å². The number of rotatable bonds is 7. The van der Waals surface area contributed by atoms with Gasteiger partial charge in [0, 0.05) is 13.1 Å². The number of hydrogen-bond acceptors (Lipinski definition) is 4. The molecule has 1 aliphatic heterocycles. The number of ether oxygens (including phenoxy) is 1. The molecule has 0 bridgehead atoms. The summed E-state index contributed by atoms with van der Waals surface area (Å²) in [6.45, 7) is 6.67. The third kappa shape index (κ3) is 6.55. The maximum atomic E-state index is 10.4. The molecule has 1 N–H and O–H groups in total. The summed E-state index contributed by atoms with van der Waals surface area (Å²) in [7, 11) is 0. The van der Waals surface area contributed by atoms with Crippen LogP contribution in [0.5, 0.6) is 0 Å². The predicted molar refractivity (Wildman–Crippen MR) is 71.7 cm³/mol. The Hall–Kier alpha value is -1.12. The lowest BCUT2D eigenvalue weighted by molar-refractivity contribution is -0.145. The number of carbonyl (C=O) groups is 1. The van der Waals surface area contributed by atoms with Crippen LogP contribution in [0.4, 0.5) is 0 Å². The van der Waals surface area contributed by atoms with Gasteiger partial charge in [-0.2, -0.15) is 5.26 Å². The van der Waals surface area contributed by atoms with Gasteiger partial charge in [0.05, 0.1) is 17.6 Å². The number of likely N-dealkylation sites (tertiary alicyclic amines) is 1. The van der Waals surface area contributed by atoms with E-state index in [2.05, 4.69) is 11.0 Å². The van der Waals surface area contributed by atoms with Crippen molar-refractivity contribution >= 4 is 5.97 Å². The molecule has 5 nitrogen and oxygen atoms in total. The maximum absolute atomic E-state index is 10.4. The summed E-state index contributed by atoms with van der Waals surface area (Å²) in [5.41, 5.74) is -0.233. The highest BCUT2D eigenvalue weighted by molar-refractivity contribution is 5.68. The van der Waals surface area contributed by atoms with Crippen LogP contribution in [-0.4, -0.2) is 48.3 Å². The van der Waals surface area contributed by atoms with Gasteiger partial charge in [-0.05, 0) is 46.1 Å². The molecular weight excluding hydrogens is 244 g/mol. The number of nitrogens with zero attached hydrogens (tertiary/aromatic N) is 2. The molecule has 1 fully saturated rings. The molecule has 1 rings (SSSR count). The largest absolute Gasteiger partial charge is 0.480 e. The molecule has 0 radical (unpaired) electrons. The SMILES string of the molecule is CC(C)(C#N)CCCN1CCC(OCC(=O)O)CC1. The first-order valence-electron chi connectivity index (χ1n) is 6.90. The lowest BCUT2D eigenvalue weighted by Crippen LogP contribution is -2.38. The normalized spacial score (nSPS) is 18.2. The summed E-state index contributed by atoms with van der Waals surface area (Å²) in [6.07, 6.45) is 3.83. The van der Waals surface area contributed by atoms with Crippen molar-refractivity contribution in [2.75, 3.05) is 26.2 Å². The molecule has 1 aliphatic rings. The second kappa shape index (κ2) is 7.46. The third-order valence-electron chi connectivity index (χ3n) is 3.56. The summed E-state index contributed by atoms with van der Waals surface area (Å²) >= 11 is 0. The second-order valence-electron chi connectivity index (χ2n) is 5.84. The molecule has 0 aromatic heterocycles. The molecule has 5 heteroatoms. The standard InChI is InChI=1S/C14H24N2O3/c1-14(2,11-15)6-3-7-16-8-4-12(5-9-16)19-10-13(17)18/h12H,3-10H2,1-2H3,(H,17,18). The first-order chi connectivity index (χ1) is 8.93. The average molecular weight is 268 g/mol. The summed E-state index contributed by atoms with van der Waals surface area (Å²) < 4.78 is 5.30. The Bertz CT molecular complexity index is 328. The van der Waals surface area contributed by atoms with Gasteiger partial charge in [-0.3, -0.25) is 0 Å². The molecule has 108 valence electrons. The van der Waals surface area contributed by atoms with E-state index in [4.69, 9.17) is 15.1 Å². The Morgan fingerprint density at radius 1 is 1.47 bits per heavy atom. The van der Waals surface area contributed by atoms with Crippen molar-refractivity contribution in [3.63, 3.8) is 0 Å². The first kappa shape index (κ1) is 15.9. The van der Waals surface area contributed by atoms with Gasteiger partial charge in [0.1, 0.15) is 6.61 Å². The van der Waals surface area contributed by atoms with Crippen molar-refractivity contribution in [1.29, 1.82) is 5.26 Å². The number of piperidine rings is 1. The van der Waals surface area contributed by atoms with Crippen molar-refractivity contribution in [3.05, 3.63) is 0 Å². The molecular formula is C14H24N2O3. The van der Waals surface area contributed by atoms with E-state index in [1.165, 1.54) is 0 Å². The van der Waals surface area contributed by atoms with Crippen LogP contribution in [0.1, 0.15) is 39.5 Å². The molecule has 19 heavy (non-hydrogen) atoms. The number of hydrogen-bond donors (Lipinski definition) is 1. The van der Waals surface area contributed by atoms with Crippen LogP contribution in [0.15, 0.2) is 0 Å². The van der Waals surface area contributed by atoms with Gasteiger partial charge in [0.15, 0.2) is 0 Å². The Morgan fingerprint density at radius 2 is 2.11 bits per heavy atom. The van der Waals surface area contributed by atoms with Crippen LogP contribution in [-0.2, 0) is 9.53 Å². The summed E-state index contributed by atoms with van der Waals surface area (Å²) in [5.74, 6) is -0.902. The lowest BCUT2D eigenvalue weighted by Gasteiger charge is -2.32. The van der Waals surface area contributed by atoms with Crippen molar-refractivity contribution in [3.8, 4) is 6.07 Å². The van der Waals surface area contributed by atoms with Gasteiger partial charge in [0.2, 0.25) is 0 Å². The van der Waals surface area contributed by atoms with Gasteiger partial charge >= 0.3 is 5.97 Å². The number of aliphatic carboxylic acids is 1. The van der Waals surface area contributed by atoms with E-state index in [0.717, 1.165) is 45.3 Å². The molecule has 0 aromatic carbocycles. The topological polar surface area (TPSA) is 73.6 Å². The number of carboxylic acids is 1. The van der Waals surface area contributed by atoms with Gasteiger partial charge in [-0.25, -0.2) is 4.79 Å². The minimum absolute atomic E-state index is 0.0860. The van der Waals surface area contributed by atoms with Crippen molar-refractivity contribution in [2.45, 2.75) is 45.6 Å². The molecule has 0 spiro atoms. The van der Waals surface area contributed by atoms with Gasteiger partial charge in [0.25, 0.3) is 0 Å².